The molecule has 0 bridgehead atoms. The highest BCUT2D eigenvalue weighted by molar-refractivity contribution is 7.93. The monoisotopic (exact) mass is 338 g/mol. The molecule has 0 aromatic heterocycles. The highest BCUT2D eigenvalue weighted by Gasteiger charge is 2.46. The van der Waals surface area contributed by atoms with E-state index in [1.165, 1.54) is 0 Å². The third-order valence-corrected chi connectivity index (χ3v) is 8.35. The van der Waals surface area contributed by atoms with Crippen LogP contribution in [0.1, 0.15) is 39.7 Å². The second-order valence-corrected chi connectivity index (χ2v) is 16.4. The fourth-order valence-corrected chi connectivity index (χ4v) is 5.43. The molecule has 1 aromatic rings. The standard InChI is InChI=1S/C18H30O2SSi/c1-17(2,3)21(19,20)18(4,14-11-15-22(5,6)7)16-12-9-8-10-13-16/h8-13,15H,14H2,1-7H3/b15-11+/t18-/m1/s1. The Kier molecular flexibility index (Phi) is 5.51. The van der Waals surface area contributed by atoms with E-state index < -0.39 is 27.4 Å². The van der Waals surface area contributed by atoms with Gasteiger partial charge in [-0.2, -0.15) is 0 Å². The summed E-state index contributed by atoms with van der Waals surface area (Å²) in [5.74, 6) is 0. The van der Waals surface area contributed by atoms with Crippen molar-refractivity contribution in [1.29, 1.82) is 0 Å². The zero-order valence-electron chi connectivity index (χ0n) is 15.0. The smallest absolute Gasteiger partial charge is 0.165 e. The summed E-state index contributed by atoms with van der Waals surface area (Å²) >= 11 is 0. The Morgan fingerprint density at radius 2 is 1.50 bits per heavy atom. The maximum Gasteiger partial charge on any atom is 0.165 e. The van der Waals surface area contributed by atoms with Crippen molar-refractivity contribution in [2.24, 2.45) is 0 Å². The molecule has 1 atom stereocenters. The summed E-state index contributed by atoms with van der Waals surface area (Å²) in [6, 6.07) is 9.59. The van der Waals surface area contributed by atoms with Crippen LogP contribution in [-0.4, -0.2) is 21.2 Å². The molecule has 0 aliphatic rings. The molecule has 0 amide bonds. The maximum absolute atomic E-state index is 13.2. The van der Waals surface area contributed by atoms with Gasteiger partial charge in [-0.3, -0.25) is 0 Å². The van der Waals surface area contributed by atoms with Crippen LogP contribution in [0, 0.1) is 0 Å². The van der Waals surface area contributed by atoms with E-state index in [-0.39, 0.29) is 0 Å². The highest BCUT2D eigenvalue weighted by atomic mass is 32.2. The lowest BCUT2D eigenvalue weighted by atomic mass is 9.97. The molecule has 0 radical (unpaired) electrons. The lowest BCUT2D eigenvalue weighted by Crippen LogP contribution is -2.43. The van der Waals surface area contributed by atoms with Gasteiger partial charge in [0.2, 0.25) is 0 Å². The van der Waals surface area contributed by atoms with Crippen molar-refractivity contribution < 1.29 is 8.42 Å². The van der Waals surface area contributed by atoms with Gasteiger partial charge in [-0.15, -0.1) is 0 Å². The summed E-state index contributed by atoms with van der Waals surface area (Å²) < 4.78 is 24.7. The average Bonchev–Trinajstić information content (AvgIpc) is 2.36. The molecule has 0 spiro atoms. The Bertz CT molecular complexity index is 619. The van der Waals surface area contributed by atoms with Gasteiger partial charge in [0.05, 0.1) is 17.6 Å². The van der Waals surface area contributed by atoms with E-state index in [4.69, 9.17) is 0 Å². The predicted octanol–water partition coefficient (Wildman–Crippen LogP) is 4.94. The van der Waals surface area contributed by atoms with Gasteiger partial charge in [-0.25, -0.2) is 8.42 Å². The van der Waals surface area contributed by atoms with Gasteiger partial charge in [-0.05, 0) is 39.7 Å². The summed E-state index contributed by atoms with van der Waals surface area (Å²) in [4.78, 5) is 0. The minimum Gasteiger partial charge on any atom is -0.227 e. The largest absolute Gasteiger partial charge is 0.227 e. The van der Waals surface area contributed by atoms with Crippen LogP contribution >= 0.6 is 0 Å². The molecular weight excluding hydrogens is 308 g/mol. The van der Waals surface area contributed by atoms with Crippen LogP contribution in [0.15, 0.2) is 42.1 Å². The van der Waals surface area contributed by atoms with Crippen LogP contribution < -0.4 is 0 Å². The van der Waals surface area contributed by atoms with Crippen LogP contribution in [-0.2, 0) is 14.6 Å². The first-order valence-corrected chi connectivity index (χ1v) is 12.8. The molecule has 0 saturated carbocycles. The quantitative estimate of drug-likeness (QED) is 0.713. The van der Waals surface area contributed by atoms with E-state index in [1.807, 2.05) is 37.3 Å². The van der Waals surface area contributed by atoms with E-state index in [0.717, 1.165) is 5.56 Å². The van der Waals surface area contributed by atoms with Crippen LogP contribution in [0.2, 0.25) is 19.6 Å². The Morgan fingerprint density at radius 1 is 1.00 bits per heavy atom. The first kappa shape index (κ1) is 19.2. The molecule has 0 unspecified atom stereocenters. The third-order valence-electron chi connectivity index (χ3n) is 3.91. The van der Waals surface area contributed by atoms with Crippen molar-refractivity contribution in [3.8, 4) is 0 Å². The molecule has 4 heteroatoms. The Labute approximate surface area is 137 Å². The molecule has 1 aromatic carbocycles. The molecule has 22 heavy (non-hydrogen) atoms. The van der Waals surface area contributed by atoms with E-state index in [2.05, 4.69) is 31.4 Å². The topological polar surface area (TPSA) is 34.1 Å². The van der Waals surface area contributed by atoms with E-state index in [1.54, 1.807) is 20.8 Å². The minimum atomic E-state index is -3.34. The van der Waals surface area contributed by atoms with Gasteiger partial charge in [-0.1, -0.05) is 61.7 Å². The SMILES string of the molecule is CC(C)(C)S(=O)(=O)[C@](C)(C/C=C/[Si](C)(C)C)c1ccccc1. The zero-order chi connectivity index (χ0) is 17.2. The molecule has 0 aliphatic heterocycles. The molecule has 0 saturated heterocycles. The Hall–Kier alpha value is -0.873. The van der Waals surface area contributed by atoms with Crippen molar-refractivity contribution in [2.75, 3.05) is 0 Å². The normalized spacial score (nSPS) is 16.7. The number of hydrogen-bond acceptors (Lipinski definition) is 2. The first-order chi connectivity index (χ1) is 9.81. The van der Waals surface area contributed by atoms with Crippen LogP contribution in [0.25, 0.3) is 0 Å². The number of sulfone groups is 1. The summed E-state index contributed by atoms with van der Waals surface area (Å²) in [7, 11) is -4.68. The molecule has 0 aliphatic carbocycles. The minimum absolute atomic E-state index is 0.515. The van der Waals surface area contributed by atoms with Gasteiger partial charge < -0.3 is 0 Å². The maximum atomic E-state index is 13.2. The van der Waals surface area contributed by atoms with E-state index >= 15 is 0 Å². The van der Waals surface area contributed by atoms with Crippen LogP contribution in [0.5, 0.6) is 0 Å². The van der Waals surface area contributed by atoms with Gasteiger partial charge in [0, 0.05) is 0 Å². The van der Waals surface area contributed by atoms with Crippen molar-refractivity contribution in [1.82, 2.24) is 0 Å². The second kappa shape index (κ2) is 6.32. The fraction of sp³-hybridized carbons (Fsp3) is 0.556. The van der Waals surface area contributed by atoms with Crippen molar-refractivity contribution in [2.45, 2.75) is 63.3 Å². The Balaban J connectivity index is 3.38. The Morgan fingerprint density at radius 3 is 1.91 bits per heavy atom. The molecule has 0 N–H and O–H groups in total. The van der Waals surface area contributed by atoms with E-state index in [0.29, 0.717) is 6.42 Å². The van der Waals surface area contributed by atoms with Crippen LogP contribution in [0.3, 0.4) is 0 Å². The lowest BCUT2D eigenvalue weighted by Gasteiger charge is -2.36. The van der Waals surface area contributed by atoms with Gasteiger partial charge >= 0.3 is 0 Å². The van der Waals surface area contributed by atoms with Gasteiger partial charge in [0.1, 0.15) is 0 Å². The lowest BCUT2D eigenvalue weighted by molar-refractivity contribution is 0.507. The fourth-order valence-electron chi connectivity index (χ4n) is 2.49. The summed E-state index contributed by atoms with van der Waals surface area (Å²) in [5.41, 5.74) is 3.09. The molecular formula is C18H30O2SSi. The highest BCUT2D eigenvalue weighted by Crippen LogP contribution is 2.40. The van der Waals surface area contributed by atoms with Gasteiger partial charge in [0.25, 0.3) is 0 Å². The zero-order valence-corrected chi connectivity index (χ0v) is 16.8. The third kappa shape index (κ3) is 4.11. The summed E-state index contributed by atoms with van der Waals surface area (Å²) in [6.45, 7) is 14.0. The summed E-state index contributed by atoms with van der Waals surface area (Å²) in [5, 5.41) is 0. The summed E-state index contributed by atoms with van der Waals surface area (Å²) in [6.07, 6.45) is 2.59. The molecule has 1 rings (SSSR count). The van der Waals surface area contributed by atoms with Gasteiger partial charge in [0.15, 0.2) is 9.84 Å². The molecule has 2 nitrogen and oxygen atoms in total. The molecule has 0 fully saturated rings. The number of rotatable bonds is 5. The van der Waals surface area contributed by atoms with Crippen LogP contribution in [0.4, 0.5) is 0 Å². The molecule has 0 heterocycles. The number of benzene rings is 1. The van der Waals surface area contributed by atoms with E-state index in [9.17, 15) is 8.42 Å². The first-order valence-electron chi connectivity index (χ1n) is 7.79. The number of hydrogen-bond donors (Lipinski definition) is 0. The second-order valence-electron chi connectivity index (χ2n) is 8.19. The average molecular weight is 339 g/mol. The molecule has 124 valence electrons. The number of allylic oxidation sites excluding steroid dienone is 1. The van der Waals surface area contributed by atoms with Crippen molar-refractivity contribution in [3.05, 3.63) is 47.7 Å². The van der Waals surface area contributed by atoms with Crippen molar-refractivity contribution >= 4 is 17.9 Å². The van der Waals surface area contributed by atoms with Crippen molar-refractivity contribution in [3.63, 3.8) is 0 Å². The predicted molar refractivity (Wildman–Crippen MR) is 99.6 cm³/mol.